The Hall–Kier alpha value is -6.32. The van der Waals surface area contributed by atoms with E-state index in [2.05, 4.69) is 179 Å². The van der Waals surface area contributed by atoms with Crippen LogP contribution in [0.15, 0.2) is 164 Å². The number of rotatable bonds is 4. The van der Waals surface area contributed by atoms with Gasteiger partial charge in [0.25, 0.3) is 0 Å². The minimum atomic E-state index is -0.0638. The Morgan fingerprint density at radius 1 is 0.588 bits per heavy atom. The summed E-state index contributed by atoms with van der Waals surface area (Å²) >= 11 is 0. The normalized spacial score (nSPS) is 17.4. The summed E-state index contributed by atoms with van der Waals surface area (Å²) in [6.45, 7) is 0. The minimum absolute atomic E-state index is 0.0433. The number of benzene rings is 6. The van der Waals surface area contributed by atoms with Gasteiger partial charge in [0.2, 0.25) is 0 Å². The lowest BCUT2D eigenvalue weighted by atomic mass is 9.93. The summed E-state index contributed by atoms with van der Waals surface area (Å²) < 4.78 is 11.6. The molecule has 0 saturated heterocycles. The molecular formula is C48H34N2O. The number of aromatic nitrogens is 2. The molecule has 3 heterocycles. The van der Waals surface area contributed by atoms with Crippen molar-refractivity contribution in [3.05, 3.63) is 181 Å². The summed E-state index contributed by atoms with van der Waals surface area (Å²) in [6.07, 6.45) is 13.4. The van der Waals surface area contributed by atoms with Crippen LogP contribution in [0.5, 0.6) is 5.75 Å². The molecule has 0 amide bonds. The molecule has 51 heavy (non-hydrogen) atoms. The lowest BCUT2D eigenvalue weighted by molar-refractivity contribution is 0.232. The van der Waals surface area contributed by atoms with E-state index in [1.165, 1.54) is 83.0 Å². The highest BCUT2D eigenvalue weighted by molar-refractivity contribution is 6.10. The predicted octanol–water partition coefficient (Wildman–Crippen LogP) is 12.0. The first-order valence-electron chi connectivity index (χ1n) is 18.0. The SMILES string of the molecule is C1=CC(n2c3ccccc3c3cc(-c4ccc5c(c4)c4c(n5-c5cccc(-c6ccccc6)c5)C=CCC4)ccc32)C2Oc3ccccc3C2=C1. The number of ether oxygens (including phenoxy) is 1. The zero-order valence-electron chi connectivity index (χ0n) is 28.0. The van der Waals surface area contributed by atoms with Crippen LogP contribution in [-0.2, 0) is 6.42 Å². The molecule has 2 unspecified atom stereocenters. The Morgan fingerprint density at radius 2 is 1.33 bits per heavy atom. The van der Waals surface area contributed by atoms with Crippen LogP contribution in [0.2, 0.25) is 0 Å². The third-order valence-corrected chi connectivity index (χ3v) is 11.2. The molecule has 0 radical (unpaired) electrons. The fourth-order valence-electron chi connectivity index (χ4n) is 8.85. The third-order valence-electron chi connectivity index (χ3n) is 11.2. The summed E-state index contributed by atoms with van der Waals surface area (Å²) in [7, 11) is 0. The Bertz CT molecular complexity index is 2790. The van der Waals surface area contributed by atoms with E-state index in [1.807, 2.05) is 0 Å². The Balaban J connectivity index is 1.04. The second-order valence-electron chi connectivity index (χ2n) is 13.9. The molecule has 6 aromatic carbocycles. The molecule has 1 aliphatic heterocycles. The zero-order chi connectivity index (χ0) is 33.5. The summed E-state index contributed by atoms with van der Waals surface area (Å²) in [6, 6.07) is 51.0. The molecule has 0 bridgehead atoms. The van der Waals surface area contributed by atoms with Gasteiger partial charge in [-0.25, -0.2) is 0 Å². The maximum atomic E-state index is 6.64. The smallest absolute Gasteiger partial charge is 0.149 e. The maximum Gasteiger partial charge on any atom is 0.149 e. The van der Waals surface area contributed by atoms with Crippen molar-refractivity contribution in [2.45, 2.75) is 25.0 Å². The van der Waals surface area contributed by atoms with E-state index in [-0.39, 0.29) is 12.1 Å². The first-order chi connectivity index (χ1) is 25.3. The molecule has 0 fully saturated rings. The molecule has 242 valence electrons. The van der Waals surface area contributed by atoms with Gasteiger partial charge >= 0.3 is 0 Å². The van der Waals surface area contributed by atoms with Gasteiger partial charge in [-0.1, -0.05) is 115 Å². The molecule has 8 aromatic rings. The number of para-hydroxylation sites is 2. The molecule has 0 saturated carbocycles. The van der Waals surface area contributed by atoms with Crippen LogP contribution in [0.25, 0.3) is 72.3 Å². The highest BCUT2D eigenvalue weighted by Gasteiger charge is 2.37. The molecule has 0 N–H and O–H groups in total. The molecule has 0 spiro atoms. The summed E-state index contributed by atoms with van der Waals surface area (Å²) in [5, 5.41) is 3.87. The fourth-order valence-corrected chi connectivity index (χ4v) is 8.85. The second kappa shape index (κ2) is 11.1. The van der Waals surface area contributed by atoms with Gasteiger partial charge in [-0.3, -0.25) is 0 Å². The number of hydrogen-bond donors (Lipinski definition) is 0. The lowest BCUT2D eigenvalue weighted by Gasteiger charge is -2.27. The average molecular weight is 655 g/mol. The van der Waals surface area contributed by atoms with Gasteiger partial charge in [-0.2, -0.15) is 0 Å². The van der Waals surface area contributed by atoms with E-state index in [4.69, 9.17) is 4.74 Å². The van der Waals surface area contributed by atoms with Crippen molar-refractivity contribution in [1.29, 1.82) is 0 Å². The van der Waals surface area contributed by atoms with Crippen molar-refractivity contribution in [2.75, 3.05) is 0 Å². The Labute approximate surface area is 296 Å². The van der Waals surface area contributed by atoms with Crippen LogP contribution in [0.4, 0.5) is 0 Å². The minimum Gasteiger partial charge on any atom is -0.483 e. The van der Waals surface area contributed by atoms with Crippen LogP contribution >= 0.6 is 0 Å². The lowest BCUT2D eigenvalue weighted by Crippen LogP contribution is -2.27. The highest BCUT2D eigenvalue weighted by atomic mass is 16.5. The number of allylic oxidation sites excluding steroid dienone is 3. The number of fused-ring (bicyclic) bond motifs is 9. The van der Waals surface area contributed by atoms with Gasteiger partial charge in [0, 0.05) is 49.7 Å². The van der Waals surface area contributed by atoms with E-state index in [9.17, 15) is 0 Å². The van der Waals surface area contributed by atoms with Crippen LogP contribution in [-0.4, -0.2) is 15.2 Å². The van der Waals surface area contributed by atoms with Gasteiger partial charge in [0.15, 0.2) is 0 Å². The summed E-state index contributed by atoms with van der Waals surface area (Å²) in [5.41, 5.74) is 15.0. The van der Waals surface area contributed by atoms with E-state index >= 15 is 0 Å². The van der Waals surface area contributed by atoms with Crippen molar-refractivity contribution in [1.82, 2.24) is 9.13 Å². The predicted molar refractivity (Wildman–Crippen MR) is 212 cm³/mol. The third kappa shape index (κ3) is 4.31. The van der Waals surface area contributed by atoms with Crippen LogP contribution in [0.3, 0.4) is 0 Å². The summed E-state index contributed by atoms with van der Waals surface area (Å²) in [4.78, 5) is 0. The summed E-state index contributed by atoms with van der Waals surface area (Å²) in [5.74, 6) is 0.969. The molecule has 3 heteroatoms. The van der Waals surface area contributed by atoms with Crippen molar-refractivity contribution in [3.8, 4) is 33.7 Å². The first kappa shape index (κ1) is 28.5. The van der Waals surface area contributed by atoms with Gasteiger partial charge < -0.3 is 13.9 Å². The molecule has 3 nitrogen and oxygen atoms in total. The number of hydrogen-bond acceptors (Lipinski definition) is 1. The zero-order valence-corrected chi connectivity index (χ0v) is 28.0. The number of aryl methyl sites for hydroxylation is 1. The molecular weight excluding hydrogens is 621 g/mol. The molecule has 3 aliphatic rings. The van der Waals surface area contributed by atoms with E-state index in [0.29, 0.717) is 0 Å². The van der Waals surface area contributed by atoms with Gasteiger partial charge in [0.1, 0.15) is 11.9 Å². The Kier molecular flexibility index (Phi) is 6.20. The molecule has 2 atom stereocenters. The largest absolute Gasteiger partial charge is 0.483 e. The monoisotopic (exact) mass is 654 g/mol. The first-order valence-corrected chi connectivity index (χ1v) is 18.0. The van der Waals surface area contributed by atoms with Gasteiger partial charge in [0.05, 0.1) is 11.6 Å². The average Bonchev–Trinajstić information content (AvgIpc) is 3.86. The van der Waals surface area contributed by atoms with Crippen LogP contribution in [0, 0.1) is 0 Å². The van der Waals surface area contributed by atoms with Crippen molar-refractivity contribution < 1.29 is 4.74 Å². The maximum absolute atomic E-state index is 6.64. The van der Waals surface area contributed by atoms with Crippen molar-refractivity contribution >= 4 is 44.4 Å². The fraction of sp³-hybridized carbons (Fsp3) is 0.0833. The quantitative estimate of drug-likeness (QED) is 0.185. The number of nitrogens with zero attached hydrogens (tertiary/aromatic N) is 2. The Morgan fingerprint density at radius 3 is 2.25 bits per heavy atom. The van der Waals surface area contributed by atoms with E-state index in [0.717, 1.165) is 18.6 Å². The second-order valence-corrected chi connectivity index (χ2v) is 13.9. The van der Waals surface area contributed by atoms with Crippen molar-refractivity contribution in [3.63, 3.8) is 0 Å². The van der Waals surface area contributed by atoms with Crippen LogP contribution in [0.1, 0.15) is 29.3 Å². The standard InChI is InChI=1S/C48H34N2O/c1-2-12-31(13-3-1)32-14-10-15-35(28-32)49-42-20-7-4-16-36(42)40-29-33(24-26-44(40)49)34-25-27-45-41(30-34)37-17-5-8-21-43(37)50(45)46-22-11-19-39-38-18-6-9-23-47(38)51-48(39)46/h1-3,5-15,17-30,46,48H,4,16H2. The van der Waals surface area contributed by atoms with Gasteiger partial charge in [-0.15, -0.1) is 0 Å². The van der Waals surface area contributed by atoms with E-state index < -0.39 is 0 Å². The molecule has 11 rings (SSSR count). The topological polar surface area (TPSA) is 19.1 Å². The van der Waals surface area contributed by atoms with Crippen molar-refractivity contribution in [2.24, 2.45) is 0 Å². The highest BCUT2D eigenvalue weighted by Crippen LogP contribution is 2.46. The van der Waals surface area contributed by atoms with Gasteiger partial charge in [-0.05, 0) is 95.3 Å². The molecule has 2 aliphatic carbocycles. The van der Waals surface area contributed by atoms with Crippen LogP contribution < -0.4 is 4.74 Å². The van der Waals surface area contributed by atoms with E-state index in [1.54, 1.807) is 0 Å². The molecule has 2 aromatic heterocycles.